The fraction of sp³-hybridized carbons (Fsp3) is 0.500. The van der Waals surface area contributed by atoms with E-state index in [1.807, 2.05) is 45.6 Å². The Morgan fingerprint density at radius 1 is 0.831 bits per heavy atom. The van der Waals surface area contributed by atoms with Crippen LogP contribution >= 0.6 is 0 Å². The van der Waals surface area contributed by atoms with Gasteiger partial charge in [0.05, 0.1) is 55.8 Å². The summed E-state index contributed by atoms with van der Waals surface area (Å²) in [5, 5.41) is 7.40. The van der Waals surface area contributed by atoms with Crippen LogP contribution in [0.3, 0.4) is 0 Å². The molecule has 5 aromatic rings. The van der Waals surface area contributed by atoms with Crippen molar-refractivity contribution in [2.75, 3.05) is 27.4 Å². The quantitative estimate of drug-likeness (QED) is 0.0905. The highest BCUT2D eigenvalue weighted by molar-refractivity contribution is 6.05. The Balaban J connectivity index is 1.06. The van der Waals surface area contributed by atoms with Gasteiger partial charge in [-0.3, -0.25) is 9.59 Å². The highest BCUT2D eigenvalue weighted by Crippen LogP contribution is 2.42. The number of hydrogen-bond donors (Lipinski definition) is 4. The Hall–Kier alpha value is -6.10. The first-order valence-corrected chi connectivity index (χ1v) is 22.5. The highest BCUT2D eigenvalue weighted by atomic mass is 19.3. The Bertz CT molecular complexity index is 2590. The van der Waals surface area contributed by atoms with Crippen LogP contribution in [0, 0.1) is 17.8 Å². The number of alkyl carbamates (subject to hydrolysis) is 2. The van der Waals surface area contributed by atoms with Crippen molar-refractivity contribution >= 4 is 45.8 Å². The van der Waals surface area contributed by atoms with Gasteiger partial charge in [-0.1, -0.05) is 58.0 Å². The van der Waals surface area contributed by atoms with E-state index in [9.17, 15) is 28.0 Å². The first kappa shape index (κ1) is 45.5. The smallest absolute Gasteiger partial charge is 0.407 e. The number of amides is 4. The molecule has 4 N–H and O–H groups in total. The molecular weight excluding hydrogens is 839 g/mol. The van der Waals surface area contributed by atoms with Crippen molar-refractivity contribution < 1.29 is 42.2 Å². The molecule has 0 bridgehead atoms. The van der Waals surface area contributed by atoms with Crippen molar-refractivity contribution in [1.82, 2.24) is 40.4 Å². The van der Waals surface area contributed by atoms with E-state index < -0.39 is 36.9 Å². The zero-order valence-corrected chi connectivity index (χ0v) is 37.9. The minimum absolute atomic E-state index is 0.0338. The lowest BCUT2D eigenvalue weighted by molar-refractivity contribution is -0.139. The molecule has 0 radical (unpaired) electrons. The van der Waals surface area contributed by atoms with Crippen LogP contribution in [-0.4, -0.2) is 106 Å². The Kier molecular flexibility index (Phi) is 13.1. The summed E-state index contributed by atoms with van der Waals surface area (Å²) in [7, 11) is 2.52. The number of methoxy groups -OCH3 is 2. The van der Waals surface area contributed by atoms with E-state index in [1.165, 1.54) is 25.3 Å². The predicted octanol–water partition coefficient (Wildman–Crippen LogP) is 8.20. The summed E-state index contributed by atoms with van der Waals surface area (Å²) in [5.41, 5.74) is 8.23. The van der Waals surface area contributed by atoms with E-state index in [2.05, 4.69) is 61.7 Å². The first-order chi connectivity index (χ1) is 31.2. The summed E-state index contributed by atoms with van der Waals surface area (Å²) >= 11 is 0. The number of fused-ring (bicyclic) bond motifs is 4. The summed E-state index contributed by atoms with van der Waals surface area (Å²) < 4.78 is 40.5. The standard InChI is InChI=1S/C48H58F2N8O7/c1-24(2)39(55-47(61)63-6)44(59)57-22-27(23-65-46(49)50)19-38(57)42-51-21-36(53-42)34-16-15-30(32-9-8-10-33(32)34)28-12-14-31-29(20-28)13-17-35-41(31)54-43(52-35)37-18-11-26(5)58(37)45(60)40(25(3)4)56-48(62)64-7/h12-17,20-21,24-27,37-40,46H,8-11,18-19,22-23H2,1-7H3,(H,51,53)(H,52,54)(H,55,61)(H,56,62)/t26-,27-,37-,38-,39-,40-/m0/s1. The van der Waals surface area contributed by atoms with Gasteiger partial charge in [-0.25, -0.2) is 19.6 Å². The van der Waals surface area contributed by atoms with Crippen molar-refractivity contribution in [3.8, 4) is 22.4 Å². The third-order valence-electron chi connectivity index (χ3n) is 13.4. The van der Waals surface area contributed by atoms with E-state index in [4.69, 9.17) is 19.4 Å². The molecule has 346 valence electrons. The van der Waals surface area contributed by atoms with Gasteiger partial charge < -0.3 is 44.6 Å². The molecule has 15 nitrogen and oxygen atoms in total. The molecule has 3 aromatic carbocycles. The number of nitrogens with zero attached hydrogens (tertiary/aromatic N) is 4. The van der Waals surface area contributed by atoms with Crippen LogP contribution in [-0.2, 0) is 36.6 Å². The number of aromatic amines is 2. The van der Waals surface area contributed by atoms with Crippen LogP contribution in [0.2, 0.25) is 0 Å². The van der Waals surface area contributed by atoms with Gasteiger partial charge in [-0.2, -0.15) is 8.78 Å². The second-order valence-corrected chi connectivity index (χ2v) is 18.3. The van der Waals surface area contributed by atoms with E-state index >= 15 is 0 Å². The number of benzene rings is 3. The largest absolute Gasteiger partial charge is 0.453 e. The molecule has 8 rings (SSSR count). The molecule has 2 fully saturated rings. The van der Waals surface area contributed by atoms with Gasteiger partial charge in [-0.05, 0) is 97.1 Å². The number of aromatic nitrogens is 4. The van der Waals surface area contributed by atoms with Crippen LogP contribution in [0.5, 0.6) is 0 Å². The molecule has 2 aromatic heterocycles. The molecular formula is C48H58F2N8O7. The van der Waals surface area contributed by atoms with Crippen LogP contribution in [0.25, 0.3) is 44.2 Å². The van der Waals surface area contributed by atoms with Crippen LogP contribution in [0.15, 0.2) is 48.7 Å². The molecule has 6 atom stereocenters. The molecule has 4 heterocycles. The highest BCUT2D eigenvalue weighted by Gasteiger charge is 2.43. The lowest BCUT2D eigenvalue weighted by Gasteiger charge is -2.32. The number of carbonyl (C=O) groups excluding carboxylic acids is 4. The van der Waals surface area contributed by atoms with Crippen molar-refractivity contribution in [2.24, 2.45) is 17.8 Å². The Morgan fingerprint density at radius 2 is 1.51 bits per heavy atom. The summed E-state index contributed by atoms with van der Waals surface area (Å²) in [4.78, 5) is 72.7. The molecule has 0 unspecified atom stereocenters. The number of carbonyl (C=O) groups is 4. The maximum Gasteiger partial charge on any atom is 0.407 e. The van der Waals surface area contributed by atoms with Gasteiger partial charge in [0, 0.05) is 29.5 Å². The fourth-order valence-corrected chi connectivity index (χ4v) is 10.1. The van der Waals surface area contributed by atoms with E-state index in [-0.39, 0.29) is 54.8 Å². The van der Waals surface area contributed by atoms with Crippen molar-refractivity contribution in [3.05, 3.63) is 71.4 Å². The number of imidazole rings is 2. The van der Waals surface area contributed by atoms with Crippen molar-refractivity contribution in [3.63, 3.8) is 0 Å². The molecule has 2 aliphatic heterocycles. The van der Waals surface area contributed by atoms with Gasteiger partial charge in [0.15, 0.2) is 0 Å². The monoisotopic (exact) mass is 896 g/mol. The number of nitrogens with one attached hydrogen (secondary N) is 4. The predicted molar refractivity (Wildman–Crippen MR) is 240 cm³/mol. The van der Waals surface area contributed by atoms with Crippen molar-refractivity contribution in [1.29, 1.82) is 0 Å². The lowest BCUT2D eigenvalue weighted by Crippen LogP contribution is -2.52. The number of alkyl halides is 2. The molecule has 65 heavy (non-hydrogen) atoms. The van der Waals surface area contributed by atoms with Gasteiger partial charge in [0.2, 0.25) is 11.8 Å². The summed E-state index contributed by atoms with van der Waals surface area (Å²) in [6.07, 6.45) is 5.07. The van der Waals surface area contributed by atoms with Gasteiger partial charge in [0.25, 0.3) is 0 Å². The molecule has 0 spiro atoms. The summed E-state index contributed by atoms with van der Waals surface area (Å²) in [6, 6.07) is 12.3. The SMILES string of the molecule is COC(=O)N[C@H](C(=O)N1C[C@@H](COC(F)F)C[C@H]1c1ncc(-c2ccc(-c3ccc4c(ccc5[nH]c([C@@H]6CC[C@H](C)N6C(=O)[C@@H](NC(=O)OC)C(C)C)nc54)c3)c3c2CCC3)[nH]1)C(C)C. The van der Waals surface area contributed by atoms with Crippen LogP contribution in [0.4, 0.5) is 18.4 Å². The van der Waals surface area contributed by atoms with Gasteiger partial charge >= 0.3 is 18.8 Å². The summed E-state index contributed by atoms with van der Waals surface area (Å²) in [5.74, 6) is -0.0468. The topological polar surface area (TPSA) is 184 Å². The maximum atomic E-state index is 14.0. The minimum atomic E-state index is -2.93. The second-order valence-electron chi connectivity index (χ2n) is 18.3. The molecule has 0 saturated carbocycles. The molecule has 3 aliphatic rings. The number of ether oxygens (including phenoxy) is 3. The lowest BCUT2D eigenvalue weighted by atomic mass is 9.91. The first-order valence-electron chi connectivity index (χ1n) is 22.5. The summed E-state index contributed by atoms with van der Waals surface area (Å²) in [6.45, 7) is 6.47. The number of H-pyrrole nitrogens is 2. The fourth-order valence-electron chi connectivity index (χ4n) is 10.1. The second kappa shape index (κ2) is 18.8. The number of hydrogen-bond acceptors (Lipinski definition) is 9. The van der Waals surface area contributed by atoms with Crippen LogP contribution in [0.1, 0.15) is 95.2 Å². The maximum absolute atomic E-state index is 14.0. The van der Waals surface area contributed by atoms with E-state index in [0.717, 1.165) is 76.3 Å². The average Bonchev–Trinajstić information content (AvgIpc) is 4.15. The van der Waals surface area contributed by atoms with E-state index in [1.54, 1.807) is 11.1 Å². The Labute approximate surface area is 376 Å². The van der Waals surface area contributed by atoms with Gasteiger partial charge in [0.1, 0.15) is 23.7 Å². The normalized spacial score (nSPS) is 20.6. The zero-order valence-electron chi connectivity index (χ0n) is 37.9. The third-order valence-corrected chi connectivity index (χ3v) is 13.4. The van der Waals surface area contributed by atoms with Gasteiger partial charge in [-0.15, -0.1) is 0 Å². The molecule has 1 aliphatic carbocycles. The van der Waals surface area contributed by atoms with E-state index in [0.29, 0.717) is 18.1 Å². The number of halogens is 2. The minimum Gasteiger partial charge on any atom is -0.453 e. The van der Waals surface area contributed by atoms with Crippen LogP contribution < -0.4 is 10.6 Å². The average molecular weight is 897 g/mol. The number of likely N-dealkylation sites (tertiary alicyclic amines) is 2. The third kappa shape index (κ3) is 8.99. The molecule has 2 saturated heterocycles. The molecule has 17 heteroatoms. The van der Waals surface area contributed by atoms with Crippen molar-refractivity contribution in [2.45, 2.75) is 110 Å². The number of rotatable bonds is 13. The molecule has 4 amide bonds. The zero-order chi connectivity index (χ0) is 46.3. The Morgan fingerprint density at radius 3 is 2.18 bits per heavy atom.